The first-order valence-electron chi connectivity index (χ1n) is 12.3. The van der Waals surface area contributed by atoms with E-state index in [9.17, 15) is 4.79 Å². The molecule has 0 saturated carbocycles. The van der Waals surface area contributed by atoms with Crippen molar-refractivity contribution in [2.75, 3.05) is 0 Å². The Bertz CT molecular complexity index is 1570. The first kappa shape index (κ1) is 24.3. The molecule has 0 aliphatic carbocycles. The Morgan fingerprint density at radius 1 is 0.919 bits per heavy atom. The number of nitrogens with zero attached hydrogens (tertiary/aromatic N) is 4. The number of ether oxygens (including phenoxy) is 2. The lowest BCUT2D eigenvalue weighted by molar-refractivity contribution is 0.0207. The molecule has 0 spiro atoms. The number of rotatable bonds is 5. The second kappa shape index (κ2) is 9.58. The fourth-order valence-electron chi connectivity index (χ4n) is 4.34. The zero-order valence-electron chi connectivity index (χ0n) is 21.7. The van der Waals surface area contributed by atoms with Crippen LogP contribution in [0.2, 0.25) is 0 Å². The predicted molar refractivity (Wildman–Crippen MR) is 144 cm³/mol. The highest BCUT2D eigenvalue weighted by atomic mass is 16.7. The zero-order valence-corrected chi connectivity index (χ0v) is 21.7. The minimum absolute atomic E-state index is 0.455. The number of carbonyl (C=O) groups excluding carboxylic acids is 1. The molecule has 3 aromatic carbocycles. The number of aryl methyl sites for hydroxylation is 2. The van der Waals surface area contributed by atoms with E-state index in [1.54, 1.807) is 6.07 Å². The van der Waals surface area contributed by atoms with Gasteiger partial charge in [0.05, 0.1) is 23.3 Å². The molecule has 0 amide bonds. The van der Waals surface area contributed by atoms with Gasteiger partial charge in [0.2, 0.25) is 5.95 Å². The zero-order chi connectivity index (χ0) is 26.2. The van der Waals surface area contributed by atoms with Crippen LogP contribution < -0.4 is 4.74 Å². The molecule has 0 unspecified atom stereocenters. The molecule has 5 rings (SSSR count). The summed E-state index contributed by atoms with van der Waals surface area (Å²) < 4.78 is 14.9. The number of carbonyl (C=O) groups is 1. The van der Waals surface area contributed by atoms with Crippen LogP contribution in [0.15, 0.2) is 78.9 Å². The molecule has 0 saturated heterocycles. The topological polar surface area (TPSA) is 71.2 Å². The fourth-order valence-corrected chi connectivity index (χ4v) is 4.34. The van der Waals surface area contributed by atoms with Gasteiger partial charge >= 0.3 is 6.16 Å². The summed E-state index contributed by atoms with van der Waals surface area (Å²) in [6, 6.07) is 25.9. The van der Waals surface area contributed by atoms with Crippen molar-refractivity contribution in [2.45, 2.75) is 46.8 Å². The van der Waals surface area contributed by atoms with Gasteiger partial charge in [-0.1, -0.05) is 54.6 Å². The van der Waals surface area contributed by atoms with E-state index >= 15 is 0 Å². The van der Waals surface area contributed by atoms with Crippen LogP contribution in [0.25, 0.3) is 28.1 Å². The number of aromatic nitrogens is 4. The van der Waals surface area contributed by atoms with Gasteiger partial charge in [0.1, 0.15) is 11.4 Å². The van der Waals surface area contributed by atoms with Crippen LogP contribution in [-0.4, -0.2) is 31.1 Å². The van der Waals surface area contributed by atoms with Gasteiger partial charge in [-0.25, -0.2) is 14.5 Å². The van der Waals surface area contributed by atoms with E-state index in [0.717, 1.165) is 45.1 Å². The van der Waals surface area contributed by atoms with E-state index in [1.807, 2.05) is 87.8 Å². The van der Waals surface area contributed by atoms with Gasteiger partial charge in [-0.2, -0.15) is 5.10 Å². The average molecular weight is 495 g/mol. The second-order valence-electron chi connectivity index (χ2n) is 10.1. The summed E-state index contributed by atoms with van der Waals surface area (Å²) in [7, 11) is 0. The SMILES string of the molecule is Cc1cc(C)n(-c2nc3ccccc3n2Cc2ccc(-c3ccccc3OC(=O)OC(C)(C)C)cc2)n1. The van der Waals surface area contributed by atoms with E-state index in [-0.39, 0.29) is 0 Å². The molecule has 2 heterocycles. The smallest absolute Gasteiger partial charge is 0.428 e. The first-order chi connectivity index (χ1) is 17.7. The minimum Gasteiger partial charge on any atom is -0.428 e. The number of imidazole rings is 1. The Hall–Kier alpha value is -4.39. The van der Waals surface area contributed by atoms with Crippen molar-refractivity contribution in [3.8, 4) is 22.8 Å². The molecular weight excluding hydrogens is 464 g/mol. The van der Waals surface area contributed by atoms with Gasteiger partial charge in [0.25, 0.3) is 0 Å². The molecule has 0 atom stereocenters. The van der Waals surface area contributed by atoms with Crippen LogP contribution in [-0.2, 0) is 11.3 Å². The molecule has 7 nitrogen and oxygen atoms in total. The van der Waals surface area contributed by atoms with Crippen molar-refractivity contribution in [3.63, 3.8) is 0 Å². The molecule has 0 fully saturated rings. The lowest BCUT2D eigenvalue weighted by Gasteiger charge is -2.19. The first-order valence-corrected chi connectivity index (χ1v) is 12.3. The van der Waals surface area contributed by atoms with E-state index in [2.05, 4.69) is 33.9 Å². The maximum Gasteiger partial charge on any atom is 0.514 e. The number of fused-ring (bicyclic) bond motifs is 1. The summed E-state index contributed by atoms with van der Waals surface area (Å²) in [6.45, 7) is 10.1. The molecule has 0 bridgehead atoms. The summed E-state index contributed by atoms with van der Waals surface area (Å²) >= 11 is 0. The van der Waals surface area contributed by atoms with Crippen molar-refractivity contribution in [3.05, 3.63) is 95.8 Å². The van der Waals surface area contributed by atoms with Crippen LogP contribution in [0.1, 0.15) is 37.7 Å². The van der Waals surface area contributed by atoms with Gasteiger partial charge in [0, 0.05) is 11.3 Å². The maximum atomic E-state index is 12.3. The van der Waals surface area contributed by atoms with E-state index in [4.69, 9.17) is 14.5 Å². The standard InChI is InChI=1S/C30H30N4O3/c1-20-18-21(2)34(32-20)28-31-25-11-7-8-12-26(25)33(28)19-22-14-16-23(17-15-22)24-10-6-9-13-27(24)36-29(35)37-30(3,4)5/h6-18H,19H2,1-5H3. The molecule has 0 N–H and O–H groups in total. The Balaban J connectivity index is 1.45. The van der Waals surface area contributed by atoms with E-state index < -0.39 is 11.8 Å². The molecule has 5 aromatic rings. The van der Waals surface area contributed by atoms with Crippen LogP contribution in [0.3, 0.4) is 0 Å². The van der Waals surface area contributed by atoms with Gasteiger partial charge in [-0.3, -0.25) is 0 Å². The normalized spacial score (nSPS) is 11.6. The Labute approximate surface area is 216 Å². The Morgan fingerprint density at radius 2 is 1.62 bits per heavy atom. The highest BCUT2D eigenvalue weighted by Gasteiger charge is 2.20. The molecule has 0 aliphatic rings. The molecule has 2 aromatic heterocycles. The summed E-state index contributed by atoms with van der Waals surface area (Å²) in [4.78, 5) is 17.2. The molecule has 0 aliphatic heterocycles. The Kier molecular flexibility index (Phi) is 6.29. The summed E-state index contributed by atoms with van der Waals surface area (Å²) in [5.41, 5.74) is 6.20. The lowest BCUT2D eigenvalue weighted by atomic mass is 10.0. The molecule has 37 heavy (non-hydrogen) atoms. The maximum absolute atomic E-state index is 12.3. The van der Waals surface area contributed by atoms with Crippen molar-refractivity contribution in [1.82, 2.24) is 19.3 Å². The fraction of sp³-hybridized carbons (Fsp3) is 0.233. The summed E-state index contributed by atoms with van der Waals surface area (Å²) in [5, 5.41) is 4.67. The van der Waals surface area contributed by atoms with Crippen molar-refractivity contribution in [1.29, 1.82) is 0 Å². The van der Waals surface area contributed by atoms with Crippen molar-refractivity contribution >= 4 is 17.2 Å². The third kappa shape index (κ3) is 5.26. The summed E-state index contributed by atoms with van der Waals surface area (Å²) in [6.07, 6.45) is -0.722. The minimum atomic E-state index is -0.722. The van der Waals surface area contributed by atoms with Crippen LogP contribution in [0.5, 0.6) is 5.75 Å². The monoisotopic (exact) mass is 494 g/mol. The highest BCUT2D eigenvalue weighted by molar-refractivity contribution is 5.78. The number of benzene rings is 3. The van der Waals surface area contributed by atoms with Gasteiger partial charge in [-0.05, 0) is 70.0 Å². The average Bonchev–Trinajstić information content (AvgIpc) is 3.37. The molecular formula is C30H30N4O3. The van der Waals surface area contributed by atoms with Crippen LogP contribution >= 0.6 is 0 Å². The number of para-hydroxylation sites is 3. The number of hydrogen-bond donors (Lipinski definition) is 0. The predicted octanol–water partition coefficient (Wildman–Crippen LogP) is 6.87. The molecule has 188 valence electrons. The lowest BCUT2D eigenvalue weighted by Crippen LogP contribution is -2.26. The quantitative estimate of drug-likeness (QED) is 0.197. The van der Waals surface area contributed by atoms with Crippen molar-refractivity contribution < 1.29 is 14.3 Å². The summed E-state index contributed by atoms with van der Waals surface area (Å²) in [5.74, 6) is 1.24. The second-order valence-corrected chi connectivity index (χ2v) is 10.1. The molecule has 0 radical (unpaired) electrons. The van der Waals surface area contributed by atoms with Crippen LogP contribution in [0, 0.1) is 13.8 Å². The van der Waals surface area contributed by atoms with Crippen molar-refractivity contribution in [2.24, 2.45) is 0 Å². The molecule has 7 heteroatoms. The van der Waals surface area contributed by atoms with Gasteiger partial charge < -0.3 is 14.0 Å². The Morgan fingerprint density at radius 3 is 2.32 bits per heavy atom. The highest BCUT2D eigenvalue weighted by Crippen LogP contribution is 2.31. The third-order valence-corrected chi connectivity index (χ3v) is 5.91. The van der Waals surface area contributed by atoms with E-state index in [1.165, 1.54) is 0 Å². The third-order valence-electron chi connectivity index (χ3n) is 5.91. The van der Waals surface area contributed by atoms with Gasteiger partial charge in [-0.15, -0.1) is 0 Å². The van der Waals surface area contributed by atoms with Gasteiger partial charge in [0.15, 0.2) is 0 Å². The largest absolute Gasteiger partial charge is 0.514 e. The van der Waals surface area contributed by atoms with Crippen LogP contribution in [0.4, 0.5) is 4.79 Å². The number of hydrogen-bond acceptors (Lipinski definition) is 5. The van der Waals surface area contributed by atoms with E-state index in [0.29, 0.717) is 12.3 Å².